The molecule has 0 aliphatic carbocycles. The standard InChI is InChI=1S/C15H42O7Si6/c1-15(16)17-24(5,6)19-26(9,10)21-28(13,14)22-27(11,12)20-25(7,8)18-23(2,3)4/h1-14H3. The Morgan fingerprint density at radius 2 is 0.714 bits per heavy atom. The molecule has 0 aliphatic heterocycles. The minimum absolute atomic E-state index is 0.328. The highest BCUT2D eigenvalue weighted by Gasteiger charge is 2.47. The van der Waals surface area contributed by atoms with E-state index in [0.29, 0.717) is 0 Å². The van der Waals surface area contributed by atoms with Gasteiger partial charge in [-0.15, -0.1) is 0 Å². The van der Waals surface area contributed by atoms with Crippen LogP contribution in [0.5, 0.6) is 0 Å². The molecule has 0 saturated carbocycles. The predicted octanol–water partition coefficient (Wildman–Crippen LogP) is 4.98. The van der Waals surface area contributed by atoms with E-state index in [0.717, 1.165) is 0 Å². The first-order valence-corrected chi connectivity index (χ1v) is 27.1. The summed E-state index contributed by atoms with van der Waals surface area (Å²) in [5.74, 6) is -0.328. The monoisotopic (exact) mass is 502 g/mol. The molecule has 0 N–H and O–H groups in total. The second-order valence-electron chi connectivity index (χ2n) is 10.2. The number of rotatable bonds is 11. The van der Waals surface area contributed by atoms with Gasteiger partial charge in [0.2, 0.25) is 0 Å². The van der Waals surface area contributed by atoms with Gasteiger partial charge in [0.15, 0.2) is 8.32 Å². The molecule has 0 saturated heterocycles. The average Bonchev–Trinajstić information content (AvgIpc) is 2.12. The minimum atomic E-state index is -2.60. The molecule has 168 valence electrons. The Labute approximate surface area is 178 Å². The van der Waals surface area contributed by atoms with Gasteiger partial charge in [0.05, 0.1) is 0 Å². The summed E-state index contributed by atoms with van der Waals surface area (Å²) in [6, 6.07) is 0. The zero-order chi connectivity index (χ0) is 22.8. The van der Waals surface area contributed by atoms with Crippen molar-refractivity contribution < 1.29 is 29.8 Å². The molecule has 0 aromatic heterocycles. The van der Waals surface area contributed by atoms with E-state index in [1.165, 1.54) is 6.92 Å². The zero-order valence-electron chi connectivity index (χ0n) is 20.4. The molecule has 0 radical (unpaired) electrons. The van der Waals surface area contributed by atoms with Gasteiger partial charge < -0.3 is 25.0 Å². The third-order valence-electron chi connectivity index (χ3n) is 2.91. The lowest BCUT2D eigenvalue weighted by atomic mass is 10.9. The molecule has 28 heavy (non-hydrogen) atoms. The lowest BCUT2D eigenvalue weighted by Gasteiger charge is -2.42. The molecule has 0 heterocycles. The SMILES string of the molecule is CC(=O)O[Si](C)(C)O[Si](C)(C)O[Si](C)(C)O[Si](C)(C)O[Si](C)(C)O[Si](C)(C)C. The van der Waals surface area contributed by atoms with E-state index in [9.17, 15) is 4.79 Å². The van der Waals surface area contributed by atoms with Crippen LogP contribution in [0.25, 0.3) is 0 Å². The van der Waals surface area contributed by atoms with E-state index in [-0.39, 0.29) is 5.97 Å². The summed E-state index contributed by atoms with van der Waals surface area (Å²) >= 11 is 0. The summed E-state index contributed by atoms with van der Waals surface area (Å²) in [5, 5.41) is 0. The average molecular weight is 503 g/mol. The highest BCUT2D eigenvalue weighted by atomic mass is 28.5. The van der Waals surface area contributed by atoms with Gasteiger partial charge in [0, 0.05) is 6.92 Å². The van der Waals surface area contributed by atoms with E-state index in [1.54, 1.807) is 0 Å². The van der Waals surface area contributed by atoms with Crippen molar-refractivity contribution in [2.45, 2.75) is 92.0 Å². The number of carbonyl (C=O) groups is 1. The molecule has 0 spiro atoms. The Bertz CT molecular complexity index is 543. The van der Waals surface area contributed by atoms with Gasteiger partial charge in [-0.25, -0.2) is 0 Å². The van der Waals surface area contributed by atoms with Crippen molar-refractivity contribution in [1.29, 1.82) is 0 Å². The predicted molar refractivity (Wildman–Crippen MR) is 128 cm³/mol. The summed E-state index contributed by atoms with van der Waals surface area (Å²) in [4.78, 5) is 11.3. The van der Waals surface area contributed by atoms with Crippen LogP contribution in [0.1, 0.15) is 6.92 Å². The number of hydrogen-bond donors (Lipinski definition) is 0. The Hall–Kier alpha value is 0.571. The van der Waals surface area contributed by atoms with Gasteiger partial charge in [0.1, 0.15) is 0 Å². The highest BCUT2D eigenvalue weighted by Crippen LogP contribution is 2.27. The van der Waals surface area contributed by atoms with E-state index in [2.05, 4.69) is 32.7 Å². The largest absolute Gasteiger partial charge is 0.495 e. The van der Waals surface area contributed by atoms with Crippen molar-refractivity contribution >= 4 is 57.1 Å². The van der Waals surface area contributed by atoms with Gasteiger partial charge in [-0.1, -0.05) is 0 Å². The van der Waals surface area contributed by atoms with Crippen molar-refractivity contribution in [2.75, 3.05) is 0 Å². The number of hydrogen-bond acceptors (Lipinski definition) is 7. The molecule has 0 amide bonds. The van der Waals surface area contributed by atoms with Gasteiger partial charge in [-0.2, -0.15) is 0 Å². The fourth-order valence-corrected chi connectivity index (χ4v) is 31.4. The molecular weight excluding hydrogens is 461 g/mol. The van der Waals surface area contributed by atoms with E-state index >= 15 is 0 Å². The molecule has 0 bridgehead atoms. The van der Waals surface area contributed by atoms with Crippen molar-refractivity contribution in [3.05, 3.63) is 0 Å². The topological polar surface area (TPSA) is 72.5 Å². The Kier molecular flexibility index (Phi) is 9.56. The zero-order valence-corrected chi connectivity index (χ0v) is 26.4. The first-order chi connectivity index (χ1) is 12.0. The van der Waals surface area contributed by atoms with Gasteiger partial charge >= 0.3 is 42.8 Å². The van der Waals surface area contributed by atoms with Crippen LogP contribution in [0.4, 0.5) is 0 Å². The maximum absolute atomic E-state index is 11.3. The lowest BCUT2D eigenvalue weighted by Crippen LogP contribution is -2.60. The van der Waals surface area contributed by atoms with Crippen LogP contribution in [0, 0.1) is 0 Å². The Morgan fingerprint density at radius 1 is 0.464 bits per heavy atom. The van der Waals surface area contributed by atoms with Crippen LogP contribution in [-0.4, -0.2) is 57.1 Å². The van der Waals surface area contributed by atoms with Crippen molar-refractivity contribution in [3.8, 4) is 0 Å². The van der Waals surface area contributed by atoms with Crippen LogP contribution in [0.15, 0.2) is 0 Å². The van der Waals surface area contributed by atoms with Crippen molar-refractivity contribution in [1.82, 2.24) is 0 Å². The molecule has 0 aliphatic rings. The van der Waals surface area contributed by atoms with Crippen molar-refractivity contribution in [3.63, 3.8) is 0 Å². The fraction of sp³-hybridized carbons (Fsp3) is 0.933. The molecule has 0 rings (SSSR count). The highest BCUT2D eigenvalue weighted by molar-refractivity contribution is 6.90. The fourth-order valence-electron chi connectivity index (χ4n) is 3.56. The van der Waals surface area contributed by atoms with Gasteiger partial charge in [-0.3, -0.25) is 4.79 Å². The summed E-state index contributed by atoms with van der Waals surface area (Å²) in [5.41, 5.74) is 0. The Morgan fingerprint density at radius 3 is 0.964 bits per heavy atom. The summed E-state index contributed by atoms with van der Waals surface area (Å²) < 4.78 is 37.2. The maximum atomic E-state index is 11.3. The van der Waals surface area contributed by atoms with Gasteiger partial charge in [-0.05, 0) is 85.1 Å². The number of carbonyl (C=O) groups excluding carboxylic acids is 1. The molecule has 7 nitrogen and oxygen atoms in total. The lowest BCUT2D eigenvalue weighted by molar-refractivity contribution is -0.133. The second kappa shape index (κ2) is 9.37. The molecule has 13 heteroatoms. The van der Waals surface area contributed by atoms with E-state index in [4.69, 9.17) is 25.0 Å². The van der Waals surface area contributed by atoms with E-state index in [1.807, 2.05) is 52.4 Å². The first kappa shape index (κ1) is 28.6. The van der Waals surface area contributed by atoms with Crippen LogP contribution in [0.2, 0.25) is 85.1 Å². The van der Waals surface area contributed by atoms with Crippen molar-refractivity contribution in [2.24, 2.45) is 0 Å². The van der Waals surface area contributed by atoms with Gasteiger partial charge in [0.25, 0.3) is 5.97 Å². The second-order valence-corrected chi connectivity index (χ2v) is 32.7. The summed E-state index contributed by atoms with van der Waals surface area (Å²) in [6.07, 6.45) is 0. The summed E-state index contributed by atoms with van der Waals surface area (Å²) in [7, 11) is -14.2. The quantitative estimate of drug-likeness (QED) is 0.369. The van der Waals surface area contributed by atoms with Crippen LogP contribution < -0.4 is 0 Å². The molecule has 0 aromatic rings. The molecule has 0 atom stereocenters. The van der Waals surface area contributed by atoms with Crippen LogP contribution >= 0.6 is 0 Å². The van der Waals surface area contributed by atoms with Crippen LogP contribution in [0.3, 0.4) is 0 Å². The molecular formula is C15H42O7Si6. The van der Waals surface area contributed by atoms with Crippen LogP contribution in [-0.2, 0) is 29.8 Å². The molecule has 0 unspecified atom stereocenters. The molecule has 0 fully saturated rings. The minimum Gasteiger partial charge on any atom is -0.495 e. The smallest absolute Gasteiger partial charge is 0.386 e. The third-order valence-corrected chi connectivity index (χ3v) is 23.8. The third kappa shape index (κ3) is 13.7. The normalized spacial score (nSPS) is 14.9. The Balaban J connectivity index is 5.12. The summed E-state index contributed by atoms with van der Waals surface area (Å²) in [6.45, 7) is 27.8. The van der Waals surface area contributed by atoms with E-state index < -0.39 is 51.1 Å². The maximum Gasteiger partial charge on any atom is 0.386 e. The molecule has 0 aromatic carbocycles. The first-order valence-electron chi connectivity index (χ1n) is 9.65.